The molecule has 0 aromatic carbocycles. The molecule has 0 spiro atoms. The van der Waals surface area contributed by atoms with Gasteiger partial charge in [-0.05, 0) is 38.5 Å². The minimum atomic E-state index is -0.664. The fourth-order valence-corrected chi connectivity index (χ4v) is 3.93. The summed E-state index contributed by atoms with van der Waals surface area (Å²) in [5, 5.41) is 16.9. The van der Waals surface area contributed by atoms with E-state index in [0.717, 1.165) is 25.7 Å². The Morgan fingerprint density at radius 1 is 0.444 bits per heavy atom. The van der Waals surface area contributed by atoms with E-state index in [4.69, 9.17) is 10.2 Å². The maximum absolute atomic E-state index is 10.3. The summed E-state index contributed by atoms with van der Waals surface area (Å²) in [7, 11) is 0. The SMILES string of the molecule is CCCCCCCCC=CCCCCCCCC(=O)O.CCCCCCCCCCCC(=O)O.[Cu].[Cu]. The van der Waals surface area contributed by atoms with E-state index in [1.165, 1.54) is 116 Å². The number of aliphatic carboxylic acids is 2. The average molecular weight is 610 g/mol. The van der Waals surface area contributed by atoms with Crippen molar-refractivity contribution in [3.05, 3.63) is 12.2 Å². The van der Waals surface area contributed by atoms with Gasteiger partial charge in [0.25, 0.3) is 0 Å². The number of carbonyl (C=O) groups is 2. The monoisotopic (exact) mass is 608 g/mol. The predicted octanol–water partition coefficient (Wildman–Crippen LogP) is 10.1. The van der Waals surface area contributed by atoms with Crippen molar-refractivity contribution in [1.82, 2.24) is 0 Å². The third kappa shape index (κ3) is 47.0. The topological polar surface area (TPSA) is 74.6 Å². The van der Waals surface area contributed by atoms with Gasteiger partial charge in [0.2, 0.25) is 0 Å². The van der Waals surface area contributed by atoms with Crippen LogP contribution in [0.3, 0.4) is 0 Å². The van der Waals surface area contributed by atoms with Crippen LogP contribution in [-0.4, -0.2) is 22.2 Å². The summed E-state index contributed by atoms with van der Waals surface area (Å²) in [6, 6.07) is 0. The van der Waals surface area contributed by atoms with E-state index in [-0.39, 0.29) is 34.1 Å². The fraction of sp³-hybridized carbons (Fsp3) is 0.867. The first-order chi connectivity index (χ1) is 16.5. The van der Waals surface area contributed by atoms with Crippen LogP contribution in [0.5, 0.6) is 0 Å². The zero-order valence-corrected chi connectivity index (χ0v) is 25.3. The minimum absolute atomic E-state index is 0. The van der Waals surface area contributed by atoms with Crippen LogP contribution in [0.1, 0.15) is 168 Å². The number of rotatable bonds is 25. The molecule has 0 atom stereocenters. The Hall–Kier alpha value is -0.281. The van der Waals surface area contributed by atoms with Gasteiger partial charge in [0.15, 0.2) is 0 Å². The summed E-state index contributed by atoms with van der Waals surface area (Å²) in [6.45, 7) is 4.49. The molecule has 2 radical (unpaired) electrons. The molecule has 0 aliphatic rings. The molecule has 0 unspecified atom stereocenters. The molecule has 0 saturated carbocycles. The second-order valence-corrected chi connectivity index (χ2v) is 9.70. The maximum Gasteiger partial charge on any atom is 0.303 e. The first-order valence-electron chi connectivity index (χ1n) is 14.6. The van der Waals surface area contributed by atoms with Gasteiger partial charge in [-0.3, -0.25) is 9.59 Å². The number of unbranched alkanes of at least 4 members (excludes halogenated alkanes) is 19. The van der Waals surface area contributed by atoms with Crippen LogP contribution >= 0.6 is 0 Å². The maximum atomic E-state index is 10.3. The molecule has 36 heavy (non-hydrogen) atoms. The van der Waals surface area contributed by atoms with Crippen LogP contribution in [0.4, 0.5) is 0 Å². The van der Waals surface area contributed by atoms with Crippen molar-refractivity contribution in [2.24, 2.45) is 0 Å². The normalized spacial score (nSPS) is 10.3. The summed E-state index contributed by atoms with van der Waals surface area (Å²) >= 11 is 0. The Bertz CT molecular complexity index is 456. The first kappa shape index (κ1) is 42.8. The summed E-state index contributed by atoms with van der Waals surface area (Å²) in [5.41, 5.74) is 0. The smallest absolute Gasteiger partial charge is 0.303 e. The average Bonchev–Trinajstić information content (AvgIpc) is 2.80. The van der Waals surface area contributed by atoms with Gasteiger partial charge in [0, 0.05) is 47.0 Å². The van der Waals surface area contributed by atoms with Crippen molar-refractivity contribution < 1.29 is 53.9 Å². The zero-order chi connectivity index (χ0) is 25.5. The summed E-state index contributed by atoms with van der Waals surface area (Å²) in [6.07, 6.45) is 32.7. The molecule has 0 rings (SSSR count). The molecule has 2 N–H and O–H groups in total. The molecule has 0 saturated heterocycles. The largest absolute Gasteiger partial charge is 0.481 e. The molecule has 0 fully saturated rings. The number of hydrogen-bond donors (Lipinski definition) is 2. The van der Waals surface area contributed by atoms with Crippen molar-refractivity contribution in [3.8, 4) is 0 Å². The van der Waals surface area contributed by atoms with Crippen LogP contribution in [0.25, 0.3) is 0 Å². The van der Waals surface area contributed by atoms with Gasteiger partial charge >= 0.3 is 11.9 Å². The van der Waals surface area contributed by atoms with Crippen LogP contribution in [-0.2, 0) is 43.7 Å². The first-order valence-corrected chi connectivity index (χ1v) is 14.6. The molecule has 4 nitrogen and oxygen atoms in total. The molecule has 0 aliphatic heterocycles. The van der Waals surface area contributed by atoms with E-state index in [9.17, 15) is 9.59 Å². The van der Waals surface area contributed by atoms with Gasteiger partial charge in [-0.25, -0.2) is 0 Å². The second-order valence-electron chi connectivity index (χ2n) is 9.70. The zero-order valence-electron chi connectivity index (χ0n) is 23.4. The van der Waals surface area contributed by atoms with Crippen LogP contribution in [0.15, 0.2) is 12.2 Å². The molecule has 0 aromatic rings. The third-order valence-corrected chi connectivity index (χ3v) is 6.15. The van der Waals surface area contributed by atoms with Gasteiger partial charge in [0.05, 0.1) is 0 Å². The summed E-state index contributed by atoms with van der Waals surface area (Å²) in [5.74, 6) is -1.32. The van der Waals surface area contributed by atoms with Crippen molar-refractivity contribution in [2.45, 2.75) is 168 Å². The minimum Gasteiger partial charge on any atom is -0.481 e. The van der Waals surface area contributed by atoms with Crippen LogP contribution in [0.2, 0.25) is 0 Å². The third-order valence-electron chi connectivity index (χ3n) is 6.15. The van der Waals surface area contributed by atoms with Gasteiger partial charge < -0.3 is 10.2 Å². The van der Waals surface area contributed by atoms with E-state index in [2.05, 4.69) is 26.0 Å². The van der Waals surface area contributed by atoms with Gasteiger partial charge in [-0.2, -0.15) is 0 Å². The molecule has 224 valence electrons. The number of allylic oxidation sites excluding steroid dienone is 2. The Morgan fingerprint density at radius 3 is 0.972 bits per heavy atom. The van der Waals surface area contributed by atoms with Gasteiger partial charge in [-0.15, -0.1) is 0 Å². The fourth-order valence-electron chi connectivity index (χ4n) is 3.93. The number of carboxylic acid groups (broad SMARTS) is 2. The molecule has 0 aromatic heterocycles. The van der Waals surface area contributed by atoms with E-state index in [0.29, 0.717) is 12.8 Å². The van der Waals surface area contributed by atoms with E-state index < -0.39 is 11.9 Å². The quantitative estimate of drug-likeness (QED) is 0.0614. The van der Waals surface area contributed by atoms with Gasteiger partial charge in [0.1, 0.15) is 0 Å². The second kappa shape index (κ2) is 39.2. The standard InChI is InChI=1S/C18H34O2.C12H24O2.2Cu/c1-2-3-4-5-6-7-8-9-10-11-12-13-14-15-16-17-18(19)20;1-2-3-4-5-6-7-8-9-10-11-12(13)14;;/h9-10H,2-8,11-17H2,1H3,(H,19,20);2-11H2,1H3,(H,13,14);;. The van der Waals surface area contributed by atoms with Crippen LogP contribution in [0, 0.1) is 0 Å². The van der Waals surface area contributed by atoms with Crippen molar-refractivity contribution >= 4 is 11.9 Å². The Kier molecular flexibility index (Phi) is 46.6. The van der Waals surface area contributed by atoms with E-state index >= 15 is 0 Å². The Labute approximate surface area is 245 Å². The van der Waals surface area contributed by atoms with Crippen molar-refractivity contribution in [3.63, 3.8) is 0 Å². The Balaban J connectivity index is -0.000000285. The van der Waals surface area contributed by atoms with E-state index in [1.54, 1.807) is 0 Å². The molecular weight excluding hydrogens is 551 g/mol. The molecule has 0 bridgehead atoms. The molecule has 0 aliphatic carbocycles. The van der Waals surface area contributed by atoms with E-state index in [1.807, 2.05) is 0 Å². The molecular formula is C30H58Cu2O4. The number of carboxylic acids is 2. The van der Waals surface area contributed by atoms with Crippen molar-refractivity contribution in [1.29, 1.82) is 0 Å². The predicted molar refractivity (Wildman–Crippen MR) is 147 cm³/mol. The van der Waals surface area contributed by atoms with Gasteiger partial charge in [-0.1, -0.05) is 129 Å². The Morgan fingerprint density at radius 2 is 0.694 bits per heavy atom. The summed E-state index contributed by atoms with van der Waals surface area (Å²) in [4.78, 5) is 20.5. The van der Waals surface area contributed by atoms with Crippen LogP contribution < -0.4 is 0 Å². The van der Waals surface area contributed by atoms with Crippen molar-refractivity contribution in [2.75, 3.05) is 0 Å². The summed E-state index contributed by atoms with van der Waals surface area (Å²) < 4.78 is 0. The molecule has 0 heterocycles. The number of hydrogen-bond acceptors (Lipinski definition) is 2. The molecule has 6 heteroatoms. The molecule has 0 amide bonds.